The van der Waals surface area contributed by atoms with Crippen molar-refractivity contribution in [3.8, 4) is 0 Å². The molecule has 0 radical (unpaired) electrons. The lowest BCUT2D eigenvalue weighted by atomic mass is 10.1. The SMILES string of the molecule is NC(=O)CCC(F)(F)C(F)(F)C(F)(F)F. The molecular weight excluding hydrogens is 235 g/mol. The largest absolute Gasteiger partial charge is 0.459 e. The van der Waals surface area contributed by atoms with E-state index < -0.39 is 36.8 Å². The van der Waals surface area contributed by atoms with E-state index in [0.717, 1.165) is 0 Å². The summed E-state index contributed by atoms with van der Waals surface area (Å²) in [6.07, 6.45) is -9.57. The average Bonchev–Trinajstić information content (AvgIpc) is 1.98. The first kappa shape index (κ1) is 14.0. The number of amides is 1. The Bertz CT molecular complexity index is 246. The van der Waals surface area contributed by atoms with Gasteiger partial charge in [0.1, 0.15) is 0 Å². The van der Waals surface area contributed by atoms with Gasteiger partial charge in [0, 0.05) is 12.8 Å². The number of alkyl halides is 7. The number of nitrogens with two attached hydrogens (primary N) is 1. The highest BCUT2D eigenvalue weighted by Gasteiger charge is 2.72. The summed E-state index contributed by atoms with van der Waals surface area (Å²) in [5.41, 5.74) is 4.35. The van der Waals surface area contributed by atoms with E-state index in [4.69, 9.17) is 0 Å². The third-order valence-corrected chi connectivity index (χ3v) is 1.50. The Morgan fingerprint density at radius 1 is 1.00 bits per heavy atom. The standard InChI is InChI=1S/C6H6F7NO/c7-4(8,2-1-3(14)15)5(9,10)6(11,12)13/h1-2H2,(H2,14,15). The Hall–Kier alpha value is -1.02. The molecular formula is C6H6F7NO. The summed E-state index contributed by atoms with van der Waals surface area (Å²) < 4.78 is 83.5. The highest BCUT2D eigenvalue weighted by Crippen LogP contribution is 2.48. The van der Waals surface area contributed by atoms with Crippen LogP contribution in [0.1, 0.15) is 12.8 Å². The molecule has 0 fully saturated rings. The molecule has 9 heteroatoms. The molecule has 90 valence electrons. The third-order valence-electron chi connectivity index (χ3n) is 1.50. The van der Waals surface area contributed by atoms with Crippen LogP contribution in [0.15, 0.2) is 0 Å². The predicted octanol–water partition coefficient (Wildman–Crippen LogP) is 2.08. The minimum absolute atomic E-state index is 1.25. The first-order chi connectivity index (χ1) is 6.42. The third kappa shape index (κ3) is 2.96. The van der Waals surface area contributed by atoms with E-state index in [2.05, 4.69) is 5.73 Å². The molecule has 0 heterocycles. The van der Waals surface area contributed by atoms with E-state index in [1.165, 1.54) is 0 Å². The lowest BCUT2D eigenvalue weighted by Crippen LogP contribution is -2.52. The maximum atomic E-state index is 12.4. The Kier molecular flexibility index (Phi) is 3.59. The molecule has 15 heavy (non-hydrogen) atoms. The molecule has 0 bridgehead atoms. The molecule has 1 amide bonds. The maximum Gasteiger partial charge on any atom is 0.459 e. The Balaban J connectivity index is 4.77. The minimum atomic E-state index is -6.37. The normalized spacial score (nSPS) is 14.1. The van der Waals surface area contributed by atoms with Crippen LogP contribution in [0.4, 0.5) is 30.7 Å². The van der Waals surface area contributed by atoms with Crippen molar-refractivity contribution in [1.82, 2.24) is 0 Å². The average molecular weight is 241 g/mol. The van der Waals surface area contributed by atoms with Crippen molar-refractivity contribution in [2.24, 2.45) is 5.73 Å². The van der Waals surface area contributed by atoms with Crippen molar-refractivity contribution in [2.75, 3.05) is 0 Å². The number of hydrogen-bond acceptors (Lipinski definition) is 1. The fourth-order valence-electron chi connectivity index (χ4n) is 0.645. The van der Waals surface area contributed by atoms with Crippen LogP contribution in [0.3, 0.4) is 0 Å². The van der Waals surface area contributed by atoms with Crippen molar-refractivity contribution < 1.29 is 35.5 Å². The van der Waals surface area contributed by atoms with Gasteiger partial charge in [0.15, 0.2) is 0 Å². The van der Waals surface area contributed by atoms with Crippen molar-refractivity contribution in [3.05, 3.63) is 0 Å². The van der Waals surface area contributed by atoms with E-state index in [9.17, 15) is 35.5 Å². The van der Waals surface area contributed by atoms with Crippen molar-refractivity contribution in [1.29, 1.82) is 0 Å². The van der Waals surface area contributed by atoms with Crippen molar-refractivity contribution in [3.63, 3.8) is 0 Å². The summed E-state index contributed by atoms with van der Waals surface area (Å²) in [4.78, 5) is 9.99. The summed E-state index contributed by atoms with van der Waals surface area (Å²) in [6, 6.07) is 0. The van der Waals surface area contributed by atoms with Gasteiger partial charge in [-0.2, -0.15) is 30.7 Å². The van der Waals surface area contributed by atoms with E-state index in [-0.39, 0.29) is 0 Å². The lowest BCUT2D eigenvalue weighted by molar-refractivity contribution is -0.355. The molecule has 0 aromatic rings. The van der Waals surface area contributed by atoms with Gasteiger partial charge in [-0.05, 0) is 0 Å². The number of carbonyl (C=O) groups excluding carboxylic acids is 1. The van der Waals surface area contributed by atoms with Gasteiger partial charge < -0.3 is 5.73 Å². The predicted molar refractivity (Wildman–Crippen MR) is 34.4 cm³/mol. The van der Waals surface area contributed by atoms with Crippen LogP contribution in [0.2, 0.25) is 0 Å². The number of primary amides is 1. The van der Waals surface area contributed by atoms with Crippen LogP contribution in [0, 0.1) is 0 Å². The van der Waals surface area contributed by atoms with Gasteiger partial charge in [-0.3, -0.25) is 4.79 Å². The first-order valence-electron chi connectivity index (χ1n) is 3.52. The first-order valence-corrected chi connectivity index (χ1v) is 3.52. The second-order valence-corrected chi connectivity index (χ2v) is 2.74. The molecule has 0 aromatic heterocycles. The monoisotopic (exact) mass is 241 g/mol. The highest BCUT2D eigenvalue weighted by atomic mass is 19.4. The van der Waals surface area contributed by atoms with Crippen LogP contribution < -0.4 is 5.73 Å². The van der Waals surface area contributed by atoms with Gasteiger partial charge >= 0.3 is 18.0 Å². The Morgan fingerprint density at radius 2 is 1.40 bits per heavy atom. The maximum absolute atomic E-state index is 12.4. The van der Waals surface area contributed by atoms with Crippen molar-refractivity contribution in [2.45, 2.75) is 30.9 Å². The van der Waals surface area contributed by atoms with Gasteiger partial charge in [-0.1, -0.05) is 0 Å². The smallest absolute Gasteiger partial charge is 0.370 e. The molecule has 0 aliphatic heterocycles. The topological polar surface area (TPSA) is 43.1 Å². The minimum Gasteiger partial charge on any atom is -0.370 e. The molecule has 2 N–H and O–H groups in total. The summed E-state index contributed by atoms with van der Waals surface area (Å²) in [5.74, 6) is -12.9. The van der Waals surface area contributed by atoms with Crippen LogP contribution in [-0.4, -0.2) is 23.9 Å². The fraction of sp³-hybridized carbons (Fsp3) is 0.833. The highest BCUT2D eigenvalue weighted by molar-refractivity contribution is 5.73. The molecule has 0 unspecified atom stereocenters. The van der Waals surface area contributed by atoms with Crippen LogP contribution in [-0.2, 0) is 4.79 Å². The molecule has 0 aliphatic rings. The van der Waals surface area contributed by atoms with Gasteiger partial charge in [-0.15, -0.1) is 0 Å². The van der Waals surface area contributed by atoms with Gasteiger partial charge in [0.05, 0.1) is 0 Å². The second-order valence-electron chi connectivity index (χ2n) is 2.74. The van der Waals surface area contributed by atoms with E-state index >= 15 is 0 Å². The van der Waals surface area contributed by atoms with E-state index in [0.29, 0.717) is 0 Å². The summed E-state index contributed by atoms with van der Waals surface area (Å²) in [5, 5.41) is 0. The van der Waals surface area contributed by atoms with Crippen LogP contribution in [0.5, 0.6) is 0 Å². The van der Waals surface area contributed by atoms with Crippen LogP contribution >= 0.6 is 0 Å². The number of carbonyl (C=O) groups is 1. The zero-order valence-electron chi connectivity index (χ0n) is 7.05. The number of hydrogen-bond donors (Lipinski definition) is 1. The van der Waals surface area contributed by atoms with Crippen molar-refractivity contribution >= 4 is 5.91 Å². The second kappa shape index (κ2) is 3.86. The Labute approximate surface area is 79.2 Å². The summed E-state index contributed by atoms with van der Waals surface area (Å²) in [6.45, 7) is 0. The molecule has 0 atom stereocenters. The summed E-state index contributed by atoms with van der Waals surface area (Å²) >= 11 is 0. The van der Waals surface area contributed by atoms with Gasteiger partial charge in [0.25, 0.3) is 0 Å². The van der Waals surface area contributed by atoms with Gasteiger partial charge in [-0.25, -0.2) is 0 Å². The number of halogens is 7. The lowest BCUT2D eigenvalue weighted by Gasteiger charge is -2.27. The van der Waals surface area contributed by atoms with E-state index in [1.54, 1.807) is 0 Å². The number of rotatable bonds is 4. The zero-order valence-corrected chi connectivity index (χ0v) is 7.05. The van der Waals surface area contributed by atoms with Gasteiger partial charge in [0.2, 0.25) is 5.91 Å². The Morgan fingerprint density at radius 3 is 1.67 bits per heavy atom. The molecule has 0 aliphatic carbocycles. The molecule has 0 rings (SSSR count). The molecule has 0 saturated carbocycles. The van der Waals surface area contributed by atoms with E-state index in [1.807, 2.05) is 0 Å². The molecule has 0 saturated heterocycles. The van der Waals surface area contributed by atoms with Crippen LogP contribution in [0.25, 0.3) is 0 Å². The molecule has 0 spiro atoms. The summed E-state index contributed by atoms with van der Waals surface area (Å²) in [7, 11) is 0. The quantitative estimate of drug-likeness (QED) is 0.752. The fourth-order valence-corrected chi connectivity index (χ4v) is 0.645. The molecule has 2 nitrogen and oxygen atoms in total. The zero-order chi connectivity index (χ0) is 12.5. The molecule has 0 aromatic carbocycles.